The minimum absolute atomic E-state index is 0.293. The van der Waals surface area contributed by atoms with Gasteiger partial charge in [-0.05, 0) is 35.9 Å². The van der Waals surface area contributed by atoms with Crippen LogP contribution in [-0.2, 0) is 0 Å². The standard InChI is InChI=1S/C20H16F2N6/c21-14-4-1-11(2-5-14)3-6-17-15-7-12(8-16(22)18(15)26-25-17)19-24-20(28-27-19)13-9-23-10-13/h1-8,13,23H,9-10H2,(H,25,26)(H,24,27,28)/b6-3+. The van der Waals surface area contributed by atoms with E-state index in [1.807, 2.05) is 6.07 Å². The first-order chi connectivity index (χ1) is 13.7. The molecule has 0 unspecified atom stereocenters. The molecule has 0 atom stereocenters. The summed E-state index contributed by atoms with van der Waals surface area (Å²) in [6, 6.07) is 9.35. The monoisotopic (exact) mass is 378 g/mol. The van der Waals surface area contributed by atoms with E-state index in [2.05, 4.69) is 30.7 Å². The zero-order chi connectivity index (χ0) is 19.1. The van der Waals surface area contributed by atoms with Crippen LogP contribution in [0.1, 0.15) is 23.0 Å². The minimum Gasteiger partial charge on any atom is -0.325 e. The highest BCUT2D eigenvalue weighted by molar-refractivity contribution is 5.92. The lowest BCUT2D eigenvalue weighted by Crippen LogP contribution is -2.40. The van der Waals surface area contributed by atoms with Gasteiger partial charge >= 0.3 is 0 Å². The number of rotatable bonds is 4. The molecule has 5 rings (SSSR count). The number of hydrogen-bond donors (Lipinski definition) is 3. The highest BCUT2D eigenvalue weighted by Gasteiger charge is 2.23. The second-order valence-corrected chi connectivity index (χ2v) is 6.79. The molecule has 2 aromatic heterocycles. The molecule has 1 fully saturated rings. The number of aromatic nitrogens is 5. The van der Waals surface area contributed by atoms with Crippen LogP contribution in [0, 0.1) is 11.6 Å². The Kier molecular flexibility index (Phi) is 3.98. The van der Waals surface area contributed by atoms with Gasteiger partial charge in [-0.25, -0.2) is 8.78 Å². The van der Waals surface area contributed by atoms with Gasteiger partial charge in [-0.1, -0.05) is 18.2 Å². The Bertz CT molecular complexity index is 1170. The third-order valence-electron chi connectivity index (χ3n) is 4.90. The van der Waals surface area contributed by atoms with E-state index < -0.39 is 5.82 Å². The molecule has 0 bridgehead atoms. The molecular weight excluding hydrogens is 362 g/mol. The third-order valence-corrected chi connectivity index (χ3v) is 4.90. The van der Waals surface area contributed by atoms with Crippen molar-refractivity contribution in [3.8, 4) is 11.4 Å². The molecule has 0 saturated carbocycles. The Labute approximate surface area is 158 Å². The maximum absolute atomic E-state index is 14.6. The van der Waals surface area contributed by atoms with Crippen molar-refractivity contribution in [2.24, 2.45) is 0 Å². The van der Waals surface area contributed by atoms with E-state index in [1.165, 1.54) is 18.2 Å². The summed E-state index contributed by atoms with van der Waals surface area (Å²) in [5, 5.41) is 19.1. The molecule has 1 aliphatic heterocycles. The first-order valence-electron chi connectivity index (χ1n) is 8.92. The summed E-state index contributed by atoms with van der Waals surface area (Å²) in [5.41, 5.74) is 2.34. The van der Waals surface area contributed by atoms with Gasteiger partial charge in [0.2, 0.25) is 0 Å². The van der Waals surface area contributed by atoms with Crippen molar-refractivity contribution >= 4 is 23.1 Å². The SMILES string of the molecule is Fc1ccc(/C=C/c2n[nH]c3c(F)cc(-c4nnc(C5CNC5)[nH]4)cc23)cc1. The van der Waals surface area contributed by atoms with Crippen LogP contribution in [0.5, 0.6) is 0 Å². The van der Waals surface area contributed by atoms with E-state index >= 15 is 0 Å². The average Bonchev–Trinajstić information content (AvgIpc) is 3.27. The molecule has 0 radical (unpaired) electrons. The molecule has 1 saturated heterocycles. The summed E-state index contributed by atoms with van der Waals surface area (Å²) in [6.07, 6.45) is 3.57. The molecule has 6 nitrogen and oxygen atoms in total. The van der Waals surface area contributed by atoms with Crippen LogP contribution in [0.2, 0.25) is 0 Å². The number of halogens is 2. The summed E-state index contributed by atoms with van der Waals surface area (Å²) in [4.78, 5) is 3.19. The molecule has 2 aromatic carbocycles. The van der Waals surface area contributed by atoms with E-state index in [-0.39, 0.29) is 5.82 Å². The van der Waals surface area contributed by atoms with E-state index in [9.17, 15) is 8.78 Å². The first kappa shape index (κ1) is 16.8. The molecule has 0 amide bonds. The number of nitrogens with one attached hydrogen (secondary N) is 3. The summed E-state index contributed by atoms with van der Waals surface area (Å²) < 4.78 is 27.6. The van der Waals surface area contributed by atoms with Gasteiger partial charge in [0.15, 0.2) is 5.82 Å². The smallest absolute Gasteiger partial charge is 0.161 e. The average molecular weight is 378 g/mol. The van der Waals surface area contributed by atoms with Crippen molar-refractivity contribution in [2.45, 2.75) is 5.92 Å². The van der Waals surface area contributed by atoms with Crippen LogP contribution < -0.4 is 5.32 Å². The molecule has 0 aliphatic carbocycles. The van der Waals surface area contributed by atoms with Gasteiger partial charge in [-0.15, -0.1) is 10.2 Å². The summed E-state index contributed by atoms with van der Waals surface area (Å²) in [5.74, 6) is 0.941. The minimum atomic E-state index is -0.412. The van der Waals surface area contributed by atoms with Crippen LogP contribution in [0.3, 0.4) is 0 Å². The third kappa shape index (κ3) is 2.97. The Morgan fingerprint density at radius 1 is 1.00 bits per heavy atom. The zero-order valence-electron chi connectivity index (χ0n) is 14.7. The van der Waals surface area contributed by atoms with Gasteiger partial charge in [0.25, 0.3) is 0 Å². The number of hydrogen-bond acceptors (Lipinski definition) is 4. The molecule has 28 heavy (non-hydrogen) atoms. The normalized spacial score (nSPS) is 14.8. The van der Waals surface area contributed by atoms with Crippen LogP contribution in [0.15, 0.2) is 36.4 Å². The van der Waals surface area contributed by atoms with Gasteiger partial charge in [0.05, 0.1) is 5.69 Å². The summed E-state index contributed by atoms with van der Waals surface area (Å²) in [6.45, 7) is 1.73. The highest BCUT2D eigenvalue weighted by Crippen LogP contribution is 2.28. The van der Waals surface area contributed by atoms with E-state index in [0.29, 0.717) is 33.9 Å². The topological polar surface area (TPSA) is 82.3 Å². The number of H-pyrrole nitrogens is 2. The van der Waals surface area contributed by atoms with E-state index in [4.69, 9.17) is 0 Å². The fourth-order valence-electron chi connectivity index (χ4n) is 3.18. The van der Waals surface area contributed by atoms with Crippen molar-refractivity contribution in [2.75, 3.05) is 13.1 Å². The lowest BCUT2D eigenvalue weighted by Gasteiger charge is -2.24. The van der Waals surface area contributed by atoms with Crippen molar-refractivity contribution in [3.63, 3.8) is 0 Å². The Morgan fingerprint density at radius 2 is 1.82 bits per heavy atom. The molecule has 140 valence electrons. The Hall–Kier alpha value is -3.39. The van der Waals surface area contributed by atoms with Crippen molar-refractivity contribution < 1.29 is 8.78 Å². The maximum atomic E-state index is 14.6. The molecule has 0 spiro atoms. The van der Waals surface area contributed by atoms with Crippen LogP contribution in [0.4, 0.5) is 8.78 Å². The van der Waals surface area contributed by atoms with Gasteiger partial charge in [-0.3, -0.25) is 5.10 Å². The first-order valence-corrected chi connectivity index (χ1v) is 8.92. The lowest BCUT2D eigenvalue weighted by atomic mass is 10.0. The van der Waals surface area contributed by atoms with Crippen molar-refractivity contribution in [1.82, 2.24) is 30.7 Å². The summed E-state index contributed by atoms with van der Waals surface area (Å²) in [7, 11) is 0. The molecule has 1 aliphatic rings. The van der Waals surface area contributed by atoms with E-state index in [0.717, 1.165) is 24.5 Å². The molecular formula is C20H16F2N6. The fraction of sp³-hybridized carbons (Fsp3) is 0.150. The molecule has 3 N–H and O–H groups in total. The molecule has 3 heterocycles. The quantitative estimate of drug-likeness (QED) is 0.508. The van der Waals surface area contributed by atoms with Gasteiger partial charge in [-0.2, -0.15) is 5.10 Å². The van der Waals surface area contributed by atoms with Crippen molar-refractivity contribution in [1.29, 1.82) is 0 Å². The van der Waals surface area contributed by atoms with Crippen molar-refractivity contribution in [3.05, 3.63) is 65.1 Å². The number of nitrogens with zero attached hydrogens (tertiary/aromatic N) is 3. The molecule has 4 aromatic rings. The highest BCUT2D eigenvalue weighted by atomic mass is 19.1. The van der Waals surface area contributed by atoms with Gasteiger partial charge in [0, 0.05) is 30.0 Å². The second kappa shape index (κ2) is 6.65. The maximum Gasteiger partial charge on any atom is 0.161 e. The summed E-state index contributed by atoms with van der Waals surface area (Å²) >= 11 is 0. The predicted octanol–water partition coefficient (Wildman–Crippen LogP) is 3.48. The number of fused-ring (bicyclic) bond motifs is 1. The van der Waals surface area contributed by atoms with Gasteiger partial charge in [0.1, 0.15) is 23.0 Å². The van der Waals surface area contributed by atoms with Crippen LogP contribution in [-0.4, -0.2) is 38.5 Å². The lowest BCUT2D eigenvalue weighted by molar-refractivity contribution is 0.431. The zero-order valence-corrected chi connectivity index (χ0v) is 14.7. The number of aromatic amines is 2. The number of benzene rings is 2. The van der Waals surface area contributed by atoms with Crippen LogP contribution >= 0.6 is 0 Å². The Balaban J connectivity index is 1.51. The molecule has 8 heteroatoms. The van der Waals surface area contributed by atoms with Gasteiger partial charge < -0.3 is 10.3 Å². The van der Waals surface area contributed by atoms with Crippen LogP contribution in [0.25, 0.3) is 34.4 Å². The van der Waals surface area contributed by atoms with E-state index in [1.54, 1.807) is 24.3 Å². The Morgan fingerprint density at radius 3 is 2.57 bits per heavy atom. The second-order valence-electron chi connectivity index (χ2n) is 6.79. The predicted molar refractivity (Wildman–Crippen MR) is 102 cm³/mol. The fourth-order valence-corrected chi connectivity index (χ4v) is 3.18. The largest absolute Gasteiger partial charge is 0.325 e.